The van der Waals surface area contributed by atoms with Crippen molar-refractivity contribution in [3.63, 3.8) is 0 Å². The number of rotatable bonds is 3. The molecule has 0 atom stereocenters. The molecule has 1 aliphatic carbocycles. The van der Waals surface area contributed by atoms with E-state index in [4.69, 9.17) is 11.6 Å². The molecule has 1 heterocycles. The Labute approximate surface area is 152 Å². The molecule has 0 N–H and O–H groups in total. The van der Waals surface area contributed by atoms with Gasteiger partial charge < -0.3 is 4.57 Å². The van der Waals surface area contributed by atoms with E-state index in [1.807, 2.05) is 12.1 Å². The van der Waals surface area contributed by atoms with Gasteiger partial charge >= 0.3 is 0 Å². The average Bonchev–Trinajstić information content (AvgIpc) is 3.26. The van der Waals surface area contributed by atoms with Crippen LogP contribution in [-0.2, 0) is 12.0 Å². The van der Waals surface area contributed by atoms with Crippen LogP contribution >= 0.6 is 22.9 Å². The number of thiazole rings is 1. The minimum absolute atomic E-state index is 0.0429. The third kappa shape index (κ3) is 3.65. The molecule has 3 nitrogen and oxygen atoms in total. The van der Waals surface area contributed by atoms with E-state index in [1.165, 1.54) is 23.4 Å². The van der Waals surface area contributed by atoms with Crippen LogP contribution in [0.3, 0.4) is 0 Å². The van der Waals surface area contributed by atoms with E-state index in [9.17, 15) is 4.79 Å². The third-order valence-electron chi connectivity index (χ3n) is 4.28. The summed E-state index contributed by atoms with van der Waals surface area (Å²) in [5.41, 5.74) is 1.73. The van der Waals surface area contributed by atoms with Gasteiger partial charge in [-0.3, -0.25) is 4.79 Å². The lowest BCUT2D eigenvalue weighted by Crippen LogP contribution is -2.20. The topological polar surface area (TPSA) is 34.4 Å². The van der Waals surface area contributed by atoms with Gasteiger partial charge in [-0.2, -0.15) is 4.99 Å². The summed E-state index contributed by atoms with van der Waals surface area (Å²) in [6, 6.07) is 7.08. The maximum atomic E-state index is 12.6. The Hall–Kier alpha value is -1.39. The van der Waals surface area contributed by atoms with Gasteiger partial charge in [-0.25, -0.2) is 0 Å². The highest BCUT2D eigenvalue weighted by atomic mass is 35.5. The second-order valence-corrected chi connectivity index (χ2v) is 8.88. The molecular formula is C19H23ClN2OS. The van der Waals surface area contributed by atoms with Gasteiger partial charge in [0.2, 0.25) is 0 Å². The van der Waals surface area contributed by atoms with Crippen LogP contribution in [0.25, 0.3) is 0 Å². The first-order valence-corrected chi connectivity index (χ1v) is 9.51. The molecule has 24 heavy (non-hydrogen) atoms. The molecule has 1 amide bonds. The summed E-state index contributed by atoms with van der Waals surface area (Å²) in [5, 5.41) is 0.448. The number of carbonyl (C=O) groups is 1. The average molecular weight is 363 g/mol. The number of amides is 1. The Kier molecular flexibility index (Phi) is 4.71. The van der Waals surface area contributed by atoms with Crippen LogP contribution in [0.4, 0.5) is 0 Å². The van der Waals surface area contributed by atoms with Crippen LogP contribution in [0.5, 0.6) is 0 Å². The minimum Gasteiger partial charge on any atom is -0.320 e. The predicted octanol–water partition coefficient (Wildman–Crippen LogP) is 4.96. The Morgan fingerprint density at radius 3 is 2.58 bits per heavy atom. The number of carbonyl (C=O) groups excluding carboxylic acids is 1. The number of aromatic nitrogens is 1. The van der Waals surface area contributed by atoms with Crippen molar-refractivity contribution in [1.82, 2.24) is 4.57 Å². The van der Waals surface area contributed by atoms with Gasteiger partial charge in [0.25, 0.3) is 5.91 Å². The minimum atomic E-state index is -0.271. The van der Waals surface area contributed by atoms with E-state index in [-0.39, 0.29) is 11.3 Å². The summed E-state index contributed by atoms with van der Waals surface area (Å²) in [6.45, 7) is 9.69. The first-order valence-electron chi connectivity index (χ1n) is 8.31. The molecule has 0 unspecified atom stereocenters. The Balaban J connectivity index is 2.08. The molecule has 5 heteroatoms. The SMILES string of the molecule is Cc1c(C(C)(C)C)s/c(=N\C(=O)c2ccccc2Cl)n1CC1CC1. The third-order valence-corrected chi connectivity index (χ3v) is 6.21. The van der Waals surface area contributed by atoms with E-state index < -0.39 is 0 Å². The molecule has 2 aromatic rings. The first-order chi connectivity index (χ1) is 11.3. The Morgan fingerprint density at radius 2 is 2.00 bits per heavy atom. The lowest BCUT2D eigenvalue weighted by atomic mass is 9.93. The molecule has 1 saturated carbocycles. The van der Waals surface area contributed by atoms with Gasteiger partial charge in [0.05, 0.1) is 10.6 Å². The molecule has 128 valence electrons. The van der Waals surface area contributed by atoms with Gasteiger partial charge in [0.1, 0.15) is 0 Å². The molecular weight excluding hydrogens is 340 g/mol. The fourth-order valence-corrected chi connectivity index (χ4v) is 4.23. The number of benzene rings is 1. The second-order valence-electron chi connectivity index (χ2n) is 7.50. The highest BCUT2D eigenvalue weighted by Gasteiger charge is 2.27. The molecule has 0 aliphatic heterocycles. The van der Waals surface area contributed by atoms with Crippen LogP contribution in [0.1, 0.15) is 54.5 Å². The van der Waals surface area contributed by atoms with E-state index in [0.29, 0.717) is 10.6 Å². The van der Waals surface area contributed by atoms with Crippen LogP contribution in [0, 0.1) is 12.8 Å². The summed E-state index contributed by atoms with van der Waals surface area (Å²) in [4.78, 5) is 19.1. The zero-order chi connectivity index (χ0) is 17.5. The summed E-state index contributed by atoms with van der Waals surface area (Å²) in [5.74, 6) is 0.451. The van der Waals surface area contributed by atoms with Crippen molar-refractivity contribution in [2.75, 3.05) is 0 Å². The van der Waals surface area contributed by atoms with Crippen molar-refractivity contribution in [3.8, 4) is 0 Å². The van der Waals surface area contributed by atoms with Crippen LogP contribution in [0.2, 0.25) is 5.02 Å². The zero-order valence-electron chi connectivity index (χ0n) is 14.6. The Morgan fingerprint density at radius 1 is 1.33 bits per heavy atom. The van der Waals surface area contributed by atoms with Crippen LogP contribution in [-0.4, -0.2) is 10.5 Å². The highest BCUT2D eigenvalue weighted by molar-refractivity contribution is 7.09. The van der Waals surface area contributed by atoms with Gasteiger partial charge in [-0.1, -0.05) is 44.5 Å². The zero-order valence-corrected chi connectivity index (χ0v) is 16.2. The molecule has 1 aliphatic rings. The molecule has 1 fully saturated rings. The van der Waals surface area contributed by atoms with Crippen LogP contribution < -0.4 is 4.80 Å². The normalized spacial score (nSPS) is 15.8. The lowest BCUT2D eigenvalue weighted by molar-refractivity contribution is 0.0998. The molecule has 0 radical (unpaired) electrons. The van der Waals surface area contributed by atoms with E-state index in [1.54, 1.807) is 23.5 Å². The molecule has 0 spiro atoms. The van der Waals surface area contributed by atoms with Crippen molar-refractivity contribution >= 4 is 28.8 Å². The summed E-state index contributed by atoms with van der Waals surface area (Å²) in [7, 11) is 0. The van der Waals surface area contributed by atoms with E-state index >= 15 is 0 Å². The fraction of sp³-hybridized carbons (Fsp3) is 0.474. The summed E-state index contributed by atoms with van der Waals surface area (Å²) in [6.07, 6.45) is 2.54. The van der Waals surface area contributed by atoms with Gasteiger partial charge in [-0.05, 0) is 43.2 Å². The summed E-state index contributed by atoms with van der Waals surface area (Å²) < 4.78 is 2.22. The Bertz CT molecular complexity index is 838. The van der Waals surface area contributed by atoms with Crippen molar-refractivity contribution in [1.29, 1.82) is 0 Å². The smallest absolute Gasteiger partial charge is 0.281 e. The molecule has 0 saturated heterocycles. The molecule has 0 bridgehead atoms. The highest BCUT2D eigenvalue weighted by Crippen LogP contribution is 2.33. The largest absolute Gasteiger partial charge is 0.320 e. The van der Waals surface area contributed by atoms with Crippen molar-refractivity contribution in [2.45, 2.75) is 52.5 Å². The van der Waals surface area contributed by atoms with Crippen LogP contribution in [0.15, 0.2) is 29.3 Å². The summed E-state index contributed by atoms with van der Waals surface area (Å²) >= 11 is 7.77. The monoisotopic (exact) mass is 362 g/mol. The quantitative estimate of drug-likeness (QED) is 0.759. The number of halogens is 1. The van der Waals surface area contributed by atoms with Crippen molar-refractivity contribution in [3.05, 3.63) is 50.2 Å². The number of nitrogens with zero attached hydrogens (tertiary/aromatic N) is 2. The number of hydrogen-bond acceptors (Lipinski definition) is 2. The fourth-order valence-electron chi connectivity index (χ4n) is 2.82. The lowest BCUT2D eigenvalue weighted by Gasteiger charge is -2.17. The molecule has 1 aromatic heterocycles. The maximum Gasteiger partial charge on any atom is 0.281 e. The van der Waals surface area contributed by atoms with Gasteiger partial charge in [0, 0.05) is 17.1 Å². The van der Waals surface area contributed by atoms with Gasteiger partial charge in [0.15, 0.2) is 4.80 Å². The van der Waals surface area contributed by atoms with Gasteiger partial charge in [-0.15, -0.1) is 11.3 Å². The van der Waals surface area contributed by atoms with E-state index in [2.05, 4.69) is 37.3 Å². The standard InChI is InChI=1S/C19H23ClN2OS/c1-12-16(19(2,3)4)24-18(22(12)11-13-9-10-13)21-17(23)14-7-5-6-8-15(14)20/h5-8,13H,9-11H2,1-4H3/b21-18-. The predicted molar refractivity (Wildman–Crippen MR) is 99.8 cm³/mol. The first kappa shape index (κ1) is 17.4. The number of hydrogen-bond donors (Lipinski definition) is 0. The molecule has 1 aromatic carbocycles. The van der Waals surface area contributed by atoms with Crippen molar-refractivity contribution < 1.29 is 4.79 Å². The second kappa shape index (κ2) is 6.49. The van der Waals surface area contributed by atoms with E-state index in [0.717, 1.165) is 17.3 Å². The van der Waals surface area contributed by atoms with Crippen molar-refractivity contribution in [2.24, 2.45) is 10.9 Å². The molecule has 3 rings (SSSR count). The maximum absolute atomic E-state index is 12.6.